The largest absolute Gasteiger partial charge is 0.252 e. The van der Waals surface area contributed by atoms with E-state index < -0.39 is 0 Å². The highest BCUT2D eigenvalue weighted by Gasteiger charge is 2.01. The third-order valence-electron chi connectivity index (χ3n) is 1.30. The lowest BCUT2D eigenvalue weighted by molar-refractivity contribution is 0.685. The smallest absolute Gasteiger partial charge is 0.211 e. The van der Waals surface area contributed by atoms with Crippen LogP contribution in [0.15, 0.2) is 0 Å². The van der Waals surface area contributed by atoms with Crippen LogP contribution in [0.1, 0.15) is 19.2 Å². The van der Waals surface area contributed by atoms with Crippen molar-refractivity contribution in [3.63, 3.8) is 0 Å². The lowest BCUT2D eigenvalue weighted by Gasteiger charge is -1.93. The topological polar surface area (TPSA) is 30.7 Å². The molecule has 0 bridgehead atoms. The van der Waals surface area contributed by atoms with E-state index in [9.17, 15) is 0 Å². The lowest BCUT2D eigenvalue weighted by atomic mass is 10.3. The zero-order valence-electron chi connectivity index (χ0n) is 6.13. The van der Waals surface area contributed by atoms with Crippen molar-refractivity contribution in [2.75, 3.05) is 0 Å². The van der Waals surface area contributed by atoms with E-state index in [-0.39, 0.29) is 0 Å². The molecule has 4 heteroatoms. The average Bonchev–Trinajstić information content (AvgIpc) is 2.13. The SMILES string of the molecule is CCCc1nc(I)nn1C. The first-order valence-corrected chi connectivity index (χ1v) is 4.37. The first-order valence-electron chi connectivity index (χ1n) is 3.29. The van der Waals surface area contributed by atoms with E-state index in [2.05, 4.69) is 39.6 Å². The van der Waals surface area contributed by atoms with Gasteiger partial charge in [0.2, 0.25) is 3.83 Å². The summed E-state index contributed by atoms with van der Waals surface area (Å²) < 4.78 is 2.68. The highest BCUT2D eigenvalue weighted by Crippen LogP contribution is 2.01. The minimum Gasteiger partial charge on any atom is -0.252 e. The Bertz CT molecular complexity index is 219. The van der Waals surface area contributed by atoms with Gasteiger partial charge in [-0.25, -0.2) is 4.98 Å². The molecule has 0 atom stereocenters. The molecule has 1 aromatic rings. The molecule has 0 N–H and O–H groups in total. The van der Waals surface area contributed by atoms with Gasteiger partial charge in [-0.2, -0.15) is 0 Å². The minimum absolute atomic E-state index is 0.837. The molecule has 0 aliphatic rings. The first kappa shape index (κ1) is 7.97. The molecule has 0 radical (unpaired) electrons. The molecule has 0 unspecified atom stereocenters. The molecule has 0 spiro atoms. The number of aromatic nitrogens is 3. The molecular formula is C6H10IN3. The van der Waals surface area contributed by atoms with E-state index in [0.29, 0.717) is 0 Å². The summed E-state index contributed by atoms with van der Waals surface area (Å²) in [6.07, 6.45) is 2.15. The number of rotatable bonds is 2. The fourth-order valence-corrected chi connectivity index (χ4v) is 1.43. The van der Waals surface area contributed by atoms with Crippen LogP contribution in [-0.2, 0) is 13.5 Å². The molecule has 0 saturated heterocycles. The van der Waals surface area contributed by atoms with Crippen LogP contribution in [0.5, 0.6) is 0 Å². The van der Waals surface area contributed by atoms with Gasteiger partial charge >= 0.3 is 0 Å². The predicted octanol–water partition coefficient (Wildman–Crippen LogP) is 1.37. The highest BCUT2D eigenvalue weighted by atomic mass is 127. The Labute approximate surface area is 74.0 Å². The van der Waals surface area contributed by atoms with E-state index >= 15 is 0 Å². The quantitative estimate of drug-likeness (QED) is 0.743. The van der Waals surface area contributed by atoms with E-state index in [4.69, 9.17) is 0 Å². The Morgan fingerprint density at radius 1 is 1.60 bits per heavy atom. The minimum atomic E-state index is 0.837. The van der Waals surface area contributed by atoms with Crippen LogP contribution in [0.3, 0.4) is 0 Å². The number of hydrogen-bond donors (Lipinski definition) is 0. The number of hydrogen-bond acceptors (Lipinski definition) is 2. The second kappa shape index (κ2) is 3.32. The molecular weight excluding hydrogens is 241 g/mol. The summed E-state index contributed by atoms with van der Waals surface area (Å²) in [7, 11) is 1.93. The van der Waals surface area contributed by atoms with Gasteiger partial charge in [-0.3, -0.25) is 4.68 Å². The van der Waals surface area contributed by atoms with Gasteiger partial charge in [-0.05, 0) is 6.42 Å². The Balaban J connectivity index is 2.81. The van der Waals surface area contributed by atoms with Crippen molar-refractivity contribution in [3.8, 4) is 0 Å². The molecule has 0 fully saturated rings. The maximum Gasteiger partial charge on any atom is 0.211 e. The zero-order chi connectivity index (χ0) is 7.56. The fraction of sp³-hybridized carbons (Fsp3) is 0.667. The van der Waals surface area contributed by atoms with Gasteiger partial charge in [0, 0.05) is 36.1 Å². The molecule has 10 heavy (non-hydrogen) atoms. The van der Waals surface area contributed by atoms with Gasteiger partial charge in [0.15, 0.2) is 0 Å². The molecule has 0 amide bonds. The molecule has 1 aromatic heterocycles. The standard InChI is InChI=1S/C6H10IN3/c1-3-4-5-8-6(7)9-10(5)2/h3-4H2,1-2H3. The van der Waals surface area contributed by atoms with Gasteiger partial charge < -0.3 is 0 Å². The van der Waals surface area contributed by atoms with Gasteiger partial charge in [-0.1, -0.05) is 6.92 Å². The van der Waals surface area contributed by atoms with Crippen molar-refractivity contribution in [2.24, 2.45) is 7.05 Å². The van der Waals surface area contributed by atoms with Gasteiger partial charge in [0.1, 0.15) is 5.82 Å². The summed E-state index contributed by atoms with van der Waals surface area (Å²) in [5, 5.41) is 4.12. The van der Waals surface area contributed by atoms with Crippen molar-refractivity contribution >= 4 is 22.6 Å². The van der Waals surface area contributed by atoms with Crippen molar-refractivity contribution in [1.82, 2.24) is 14.8 Å². The molecule has 3 nitrogen and oxygen atoms in total. The van der Waals surface area contributed by atoms with Gasteiger partial charge in [0.05, 0.1) is 0 Å². The summed E-state index contributed by atoms with van der Waals surface area (Å²) in [4.78, 5) is 4.24. The van der Waals surface area contributed by atoms with Crippen LogP contribution in [0.25, 0.3) is 0 Å². The third-order valence-corrected chi connectivity index (χ3v) is 1.76. The molecule has 0 aliphatic heterocycles. The van der Waals surface area contributed by atoms with E-state index in [0.717, 1.165) is 22.5 Å². The van der Waals surface area contributed by atoms with Crippen molar-refractivity contribution in [1.29, 1.82) is 0 Å². The van der Waals surface area contributed by atoms with Crippen LogP contribution in [0.4, 0.5) is 0 Å². The molecule has 0 aliphatic carbocycles. The highest BCUT2D eigenvalue weighted by molar-refractivity contribution is 14.1. The fourth-order valence-electron chi connectivity index (χ4n) is 0.824. The summed E-state index contributed by atoms with van der Waals surface area (Å²) in [6.45, 7) is 2.14. The molecule has 1 heterocycles. The zero-order valence-corrected chi connectivity index (χ0v) is 8.29. The molecule has 0 saturated carbocycles. The van der Waals surface area contributed by atoms with Crippen molar-refractivity contribution in [3.05, 3.63) is 9.66 Å². The Morgan fingerprint density at radius 3 is 2.70 bits per heavy atom. The van der Waals surface area contributed by atoms with Crippen molar-refractivity contribution in [2.45, 2.75) is 19.8 Å². The molecule has 1 rings (SSSR count). The van der Waals surface area contributed by atoms with Gasteiger partial charge in [0.25, 0.3) is 0 Å². The summed E-state index contributed by atoms with van der Waals surface area (Å²) in [6, 6.07) is 0. The Morgan fingerprint density at radius 2 is 2.30 bits per heavy atom. The normalized spacial score (nSPS) is 10.3. The third kappa shape index (κ3) is 1.68. The van der Waals surface area contributed by atoms with Crippen LogP contribution < -0.4 is 0 Å². The van der Waals surface area contributed by atoms with Crippen LogP contribution in [0.2, 0.25) is 0 Å². The maximum absolute atomic E-state index is 4.24. The van der Waals surface area contributed by atoms with E-state index in [1.807, 2.05) is 11.7 Å². The Kier molecular flexibility index (Phi) is 2.64. The number of nitrogens with zero attached hydrogens (tertiary/aromatic N) is 3. The van der Waals surface area contributed by atoms with Crippen LogP contribution >= 0.6 is 22.6 Å². The second-order valence-electron chi connectivity index (χ2n) is 2.17. The first-order chi connectivity index (χ1) is 4.74. The van der Waals surface area contributed by atoms with E-state index in [1.54, 1.807) is 0 Å². The van der Waals surface area contributed by atoms with Crippen LogP contribution in [-0.4, -0.2) is 14.8 Å². The summed E-state index contributed by atoms with van der Waals surface area (Å²) in [5.74, 6) is 1.08. The second-order valence-corrected chi connectivity index (χ2v) is 3.14. The number of halogens is 1. The van der Waals surface area contributed by atoms with Gasteiger partial charge in [-0.15, -0.1) is 5.10 Å². The maximum atomic E-state index is 4.24. The predicted molar refractivity (Wildman–Crippen MR) is 47.7 cm³/mol. The average molecular weight is 251 g/mol. The summed E-state index contributed by atoms with van der Waals surface area (Å²) >= 11 is 2.12. The van der Waals surface area contributed by atoms with Crippen molar-refractivity contribution < 1.29 is 0 Å². The van der Waals surface area contributed by atoms with E-state index in [1.165, 1.54) is 0 Å². The lowest BCUT2D eigenvalue weighted by Crippen LogP contribution is -1.98. The molecule has 0 aromatic carbocycles. The Hall–Kier alpha value is -0.130. The molecule has 56 valence electrons. The number of aryl methyl sites for hydroxylation is 2. The monoisotopic (exact) mass is 251 g/mol. The summed E-state index contributed by atoms with van der Waals surface area (Å²) in [5.41, 5.74) is 0. The van der Waals surface area contributed by atoms with Crippen LogP contribution in [0, 0.1) is 3.83 Å².